The largest absolute Gasteiger partial charge is 0.493 e. The molecule has 0 saturated heterocycles. The number of rotatable bonds is 11. The van der Waals surface area contributed by atoms with Gasteiger partial charge in [0.25, 0.3) is 0 Å². The third-order valence-electron chi connectivity index (χ3n) is 4.04. The molecule has 1 aromatic carbocycles. The Hall–Kier alpha value is -1.36. The normalized spacial score (nSPS) is 11.6. The molecule has 2 N–H and O–H groups in total. The SMILES string of the molecule is CCCOc1ccc(CNC(=NC)NCCN(C)C(C)C)c(OC(F)F)c1.I. The van der Waals surface area contributed by atoms with Crippen molar-refractivity contribution in [3.8, 4) is 11.5 Å². The lowest BCUT2D eigenvalue weighted by atomic mass is 10.2. The first-order valence-corrected chi connectivity index (χ1v) is 9.22. The van der Waals surface area contributed by atoms with Gasteiger partial charge in [0.2, 0.25) is 0 Å². The van der Waals surface area contributed by atoms with Crippen LogP contribution in [0.5, 0.6) is 11.5 Å². The predicted octanol–water partition coefficient (Wildman–Crippen LogP) is 3.70. The predicted molar refractivity (Wildman–Crippen MR) is 120 cm³/mol. The van der Waals surface area contributed by atoms with Gasteiger partial charge in [-0.3, -0.25) is 4.99 Å². The summed E-state index contributed by atoms with van der Waals surface area (Å²) in [6.07, 6.45) is 0.836. The van der Waals surface area contributed by atoms with Crippen molar-refractivity contribution in [2.75, 3.05) is 33.8 Å². The van der Waals surface area contributed by atoms with Crippen molar-refractivity contribution in [3.05, 3.63) is 23.8 Å². The number of hydrogen-bond acceptors (Lipinski definition) is 4. The molecule has 0 aliphatic carbocycles. The highest BCUT2D eigenvalue weighted by Crippen LogP contribution is 2.26. The molecule has 0 fully saturated rings. The highest BCUT2D eigenvalue weighted by molar-refractivity contribution is 14.0. The number of guanidine groups is 1. The molecule has 162 valence electrons. The van der Waals surface area contributed by atoms with Gasteiger partial charge in [-0.2, -0.15) is 8.78 Å². The number of nitrogens with one attached hydrogen (secondary N) is 2. The molecule has 1 rings (SSSR count). The van der Waals surface area contributed by atoms with Gasteiger partial charge < -0.3 is 25.0 Å². The standard InChI is InChI=1S/C19H32F2N4O2.HI/c1-6-11-26-16-8-7-15(17(12-16)27-18(20)21)13-24-19(22-4)23-9-10-25(5)14(2)3;/h7-8,12,14,18H,6,9-11,13H2,1-5H3,(H2,22,23,24);1H. The molecule has 0 bridgehead atoms. The van der Waals surface area contributed by atoms with Crippen LogP contribution in [0.3, 0.4) is 0 Å². The second-order valence-corrected chi connectivity index (χ2v) is 6.42. The van der Waals surface area contributed by atoms with Gasteiger partial charge in [0, 0.05) is 44.4 Å². The van der Waals surface area contributed by atoms with Crippen molar-refractivity contribution in [2.45, 2.75) is 46.4 Å². The van der Waals surface area contributed by atoms with Crippen LogP contribution in [-0.2, 0) is 6.54 Å². The number of aliphatic imine (C=N–C) groups is 1. The van der Waals surface area contributed by atoms with Crippen molar-refractivity contribution in [3.63, 3.8) is 0 Å². The Morgan fingerprint density at radius 1 is 1.25 bits per heavy atom. The van der Waals surface area contributed by atoms with E-state index in [9.17, 15) is 8.78 Å². The lowest BCUT2D eigenvalue weighted by Crippen LogP contribution is -2.41. The summed E-state index contributed by atoms with van der Waals surface area (Å²) < 4.78 is 35.6. The summed E-state index contributed by atoms with van der Waals surface area (Å²) in [5.41, 5.74) is 0.599. The fourth-order valence-electron chi connectivity index (χ4n) is 2.20. The molecule has 0 amide bonds. The first-order chi connectivity index (χ1) is 12.9. The van der Waals surface area contributed by atoms with Crippen LogP contribution in [-0.4, -0.2) is 57.3 Å². The second kappa shape index (κ2) is 14.6. The van der Waals surface area contributed by atoms with E-state index >= 15 is 0 Å². The fourth-order valence-corrected chi connectivity index (χ4v) is 2.20. The topological polar surface area (TPSA) is 58.1 Å². The molecule has 1 aromatic rings. The summed E-state index contributed by atoms with van der Waals surface area (Å²) in [6.45, 7) is 5.75. The lowest BCUT2D eigenvalue weighted by molar-refractivity contribution is -0.0505. The zero-order chi connectivity index (χ0) is 20.2. The van der Waals surface area contributed by atoms with Crippen LogP contribution in [0.2, 0.25) is 0 Å². The monoisotopic (exact) mass is 514 g/mol. The van der Waals surface area contributed by atoms with Crippen LogP contribution in [0.25, 0.3) is 0 Å². The first kappa shape index (κ1) is 26.6. The van der Waals surface area contributed by atoms with E-state index in [0.717, 1.165) is 19.5 Å². The second-order valence-electron chi connectivity index (χ2n) is 6.42. The van der Waals surface area contributed by atoms with E-state index in [0.29, 0.717) is 36.5 Å². The van der Waals surface area contributed by atoms with Gasteiger partial charge >= 0.3 is 6.61 Å². The smallest absolute Gasteiger partial charge is 0.387 e. The Morgan fingerprint density at radius 2 is 1.96 bits per heavy atom. The van der Waals surface area contributed by atoms with Gasteiger partial charge in [-0.05, 0) is 39.4 Å². The highest BCUT2D eigenvalue weighted by atomic mass is 127. The van der Waals surface area contributed by atoms with Crippen LogP contribution < -0.4 is 20.1 Å². The van der Waals surface area contributed by atoms with Crippen LogP contribution in [0.15, 0.2) is 23.2 Å². The Kier molecular flexibility index (Phi) is 13.9. The summed E-state index contributed by atoms with van der Waals surface area (Å²) in [4.78, 5) is 6.37. The summed E-state index contributed by atoms with van der Waals surface area (Å²) >= 11 is 0. The van der Waals surface area contributed by atoms with Gasteiger partial charge in [-0.15, -0.1) is 24.0 Å². The minimum atomic E-state index is -2.89. The van der Waals surface area contributed by atoms with Crippen molar-refractivity contribution in [2.24, 2.45) is 4.99 Å². The Labute approximate surface area is 184 Å². The third-order valence-corrected chi connectivity index (χ3v) is 4.04. The number of alkyl halides is 2. The van der Waals surface area contributed by atoms with E-state index in [1.807, 2.05) is 6.92 Å². The molecule has 0 heterocycles. The van der Waals surface area contributed by atoms with Crippen molar-refractivity contribution in [1.29, 1.82) is 0 Å². The van der Waals surface area contributed by atoms with Gasteiger partial charge in [0.1, 0.15) is 11.5 Å². The zero-order valence-corrected chi connectivity index (χ0v) is 19.6. The van der Waals surface area contributed by atoms with Crippen LogP contribution in [0.1, 0.15) is 32.8 Å². The number of hydrogen-bond donors (Lipinski definition) is 2. The number of ether oxygens (including phenoxy) is 2. The van der Waals surface area contributed by atoms with E-state index in [1.165, 1.54) is 6.07 Å². The zero-order valence-electron chi connectivity index (χ0n) is 17.3. The molecule has 6 nitrogen and oxygen atoms in total. The molecule has 0 radical (unpaired) electrons. The van der Waals surface area contributed by atoms with Crippen molar-refractivity contribution >= 4 is 29.9 Å². The minimum Gasteiger partial charge on any atom is -0.493 e. The van der Waals surface area contributed by atoms with E-state index in [1.54, 1.807) is 19.2 Å². The maximum absolute atomic E-state index is 12.7. The number of nitrogens with zero attached hydrogens (tertiary/aromatic N) is 2. The highest BCUT2D eigenvalue weighted by Gasteiger charge is 2.12. The van der Waals surface area contributed by atoms with E-state index in [4.69, 9.17) is 4.74 Å². The number of halogens is 3. The minimum absolute atomic E-state index is 0. The molecule has 0 atom stereocenters. The molecule has 9 heteroatoms. The van der Waals surface area contributed by atoms with Crippen molar-refractivity contribution < 1.29 is 18.3 Å². The Morgan fingerprint density at radius 3 is 2.54 bits per heavy atom. The molecule has 0 spiro atoms. The average Bonchev–Trinajstić information content (AvgIpc) is 2.63. The summed E-state index contributed by atoms with van der Waals surface area (Å²) in [5.74, 6) is 1.21. The Balaban J connectivity index is 0.00000729. The van der Waals surface area contributed by atoms with Gasteiger partial charge in [-0.25, -0.2) is 0 Å². The molecular formula is C19H33F2IN4O2. The molecule has 0 aliphatic rings. The van der Waals surface area contributed by atoms with E-state index in [-0.39, 0.29) is 29.7 Å². The van der Waals surface area contributed by atoms with Gasteiger partial charge in [-0.1, -0.05) is 6.92 Å². The quantitative estimate of drug-likeness (QED) is 0.268. The molecule has 0 aromatic heterocycles. The van der Waals surface area contributed by atoms with Crippen LogP contribution in [0.4, 0.5) is 8.78 Å². The maximum Gasteiger partial charge on any atom is 0.387 e. The summed E-state index contributed by atoms with van der Waals surface area (Å²) in [7, 11) is 3.72. The van der Waals surface area contributed by atoms with E-state index in [2.05, 4.69) is 46.2 Å². The number of benzene rings is 1. The van der Waals surface area contributed by atoms with Gasteiger partial charge in [0.05, 0.1) is 6.61 Å². The summed E-state index contributed by atoms with van der Waals surface area (Å²) in [5, 5.41) is 6.33. The Bertz CT molecular complexity index is 589. The van der Waals surface area contributed by atoms with Crippen LogP contribution >= 0.6 is 24.0 Å². The van der Waals surface area contributed by atoms with Crippen LogP contribution in [0, 0.1) is 0 Å². The lowest BCUT2D eigenvalue weighted by Gasteiger charge is -2.22. The molecule has 0 aliphatic heterocycles. The first-order valence-electron chi connectivity index (χ1n) is 9.22. The number of likely N-dealkylation sites (N-methyl/N-ethyl adjacent to an activating group) is 1. The van der Waals surface area contributed by atoms with E-state index < -0.39 is 6.61 Å². The maximum atomic E-state index is 12.7. The third kappa shape index (κ3) is 10.3. The molecule has 28 heavy (non-hydrogen) atoms. The molecule has 0 saturated carbocycles. The average molecular weight is 514 g/mol. The van der Waals surface area contributed by atoms with Crippen molar-refractivity contribution in [1.82, 2.24) is 15.5 Å². The fraction of sp³-hybridized carbons (Fsp3) is 0.632. The van der Waals surface area contributed by atoms with Gasteiger partial charge in [0.15, 0.2) is 5.96 Å². The summed E-state index contributed by atoms with van der Waals surface area (Å²) in [6, 6.07) is 5.42. The molecule has 0 unspecified atom stereocenters. The molecular weight excluding hydrogens is 481 g/mol.